The molecule has 0 bridgehead atoms. The summed E-state index contributed by atoms with van der Waals surface area (Å²) in [6, 6.07) is 14.3. The number of carbonyl (C=O) groups excluding carboxylic acids is 1. The third kappa shape index (κ3) is 6.30. The summed E-state index contributed by atoms with van der Waals surface area (Å²) in [5, 5.41) is 0. The number of likely N-dealkylation sites (tertiary alicyclic amines) is 1. The van der Waals surface area contributed by atoms with Crippen molar-refractivity contribution in [2.24, 2.45) is 5.92 Å². The summed E-state index contributed by atoms with van der Waals surface area (Å²) in [5.74, 6) is 1.75. The number of piperidine rings is 1. The van der Waals surface area contributed by atoms with Crippen molar-refractivity contribution in [3.63, 3.8) is 0 Å². The van der Waals surface area contributed by atoms with E-state index in [-0.39, 0.29) is 5.60 Å². The smallest absolute Gasteiger partial charge is 0.222 e. The molecule has 4 rings (SSSR count). The molecule has 5 nitrogen and oxygen atoms in total. The Morgan fingerprint density at radius 2 is 2.00 bits per heavy atom. The van der Waals surface area contributed by atoms with E-state index in [0.29, 0.717) is 18.2 Å². The monoisotopic (exact) mass is 422 g/mol. The fourth-order valence-electron chi connectivity index (χ4n) is 4.91. The number of benzene rings is 1. The van der Waals surface area contributed by atoms with Crippen LogP contribution < -0.4 is 4.74 Å². The minimum atomic E-state index is -0.0436. The van der Waals surface area contributed by atoms with Crippen LogP contribution in [-0.2, 0) is 16.0 Å². The van der Waals surface area contributed by atoms with Gasteiger partial charge in [-0.3, -0.25) is 9.78 Å². The molecule has 1 spiro atoms. The molecule has 0 radical (unpaired) electrons. The highest BCUT2D eigenvalue weighted by molar-refractivity contribution is 5.76. The van der Waals surface area contributed by atoms with E-state index in [9.17, 15) is 4.79 Å². The second-order valence-electron chi connectivity index (χ2n) is 8.94. The van der Waals surface area contributed by atoms with Gasteiger partial charge < -0.3 is 14.4 Å². The van der Waals surface area contributed by atoms with Gasteiger partial charge in [0.2, 0.25) is 5.91 Å². The predicted octanol–water partition coefficient (Wildman–Crippen LogP) is 4.66. The average molecular weight is 423 g/mol. The Morgan fingerprint density at radius 1 is 1.16 bits per heavy atom. The van der Waals surface area contributed by atoms with Crippen molar-refractivity contribution in [2.45, 2.75) is 57.0 Å². The molecule has 0 N–H and O–H groups in total. The van der Waals surface area contributed by atoms with Crippen molar-refractivity contribution < 1.29 is 14.3 Å². The molecule has 1 amide bonds. The molecule has 3 heterocycles. The normalized spacial score (nSPS) is 20.5. The van der Waals surface area contributed by atoms with Crippen LogP contribution in [0.2, 0.25) is 0 Å². The van der Waals surface area contributed by atoms with E-state index in [2.05, 4.69) is 34.1 Å². The molecule has 166 valence electrons. The number of ether oxygens (including phenoxy) is 2. The predicted molar refractivity (Wildman–Crippen MR) is 121 cm³/mol. The molecule has 1 aromatic carbocycles. The number of pyridine rings is 1. The highest BCUT2D eigenvalue weighted by atomic mass is 16.5. The fraction of sp³-hybridized carbons (Fsp3) is 0.538. The molecule has 2 fully saturated rings. The number of aryl methyl sites for hydroxylation is 1. The highest BCUT2D eigenvalue weighted by Gasteiger charge is 2.40. The van der Waals surface area contributed by atoms with Crippen LogP contribution in [0, 0.1) is 5.92 Å². The molecule has 2 saturated heterocycles. The van der Waals surface area contributed by atoms with Gasteiger partial charge >= 0.3 is 0 Å². The number of nitrogens with zero attached hydrogens (tertiary/aromatic N) is 2. The molecule has 2 aliphatic heterocycles. The maximum atomic E-state index is 12.7. The van der Waals surface area contributed by atoms with Crippen molar-refractivity contribution in [1.29, 1.82) is 0 Å². The maximum absolute atomic E-state index is 12.7. The number of hydrogen-bond donors (Lipinski definition) is 0. The fourth-order valence-corrected chi connectivity index (χ4v) is 4.91. The van der Waals surface area contributed by atoms with Gasteiger partial charge in [0.25, 0.3) is 0 Å². The Kier molecular flexibility index (Phi) is 7.57. The van der Waals surface area contributed by atoms with Gasteiger partial charge in [-0.25, -0.2) is 0 Å². The Morgan fingerprint density at radius 3 is 2.77 bits per heavy atom. The van der Waals surface area contributed by atoms with Gasteiger partial charge in [-0.05, 0) is 68.6 Å². The molecular weight excluding hydrogens is 388 g/mol. The Bertz CT molecular complexity index is 804. The summed E-state index contributed by atoms with van der Waals surface area (Å²) in [4.78, 5) is 18.8. The van der Waals surface area contributed by atoms with Gasteiger partial charge in [-0.1, -0.05) is 30.3 Å². The van der Waals surface area contributed by atoms with Gasteiger partial charge in [-0.2, -0.15) is 0 Å². The van der Waals surface area contributed by atoms with Crippen molar-refractivity contribution in [2.75, 3.05) is 26.3 Å². The zero-order valence-electron chi connectivity index (χ0n) is 18.4. The van der Waals surface area contributed by atoms with Gasteiger partial charge in [0.15, 0.2) is 0 Å². The summed E-state index contributed by atoms with van der Waals surface area (Å²) in [5.41, 5.74) is 1.26. The Balaban J connectivity index is 1.17. The zero-order valence-corrected chi connectivity index (χ0v) is 18.4. The first-order chi connectivity index (χ1) is 15.2. The lowest BCUT2D eigenvalue weighted by Crippen LogP contribution is -2.50. The van der Waals surface area contributed by atoms with Crippen LogP contribution in [0.1, 0.15) is 50.5 Å². The lowest BCUT2D eigenvalue weighted by molar-refractivity contribution is -0.147. The first kappa shape index (κ1) is 21.8. The van der Waals surface area contributed by atoms with Crippen LogP contribution in [0.25, 0.3) is 0 Å². The Labute approximate surface area is 185 Å². The second kappa shape index (κ2) is 10.8. The summed E-state index contributed by atoms with van der Waals surface area (Å²) < 4.78 is 12.1. The van der Waals surface area contributed by atoms with Crippen LogP contribution >= 0.6 is 0 Å². The topological polar surface area (TPSA) is 51.7 Å². The van der Waals surface area contributed by atoms with E-state index in [1.54, 1.807) is 12.4 Å². The van der Waals surface area contributed by atoms with E-state index < -0.39 is 0 Å². The summed E-state index contributed by atoms with van der Waals surface area (Å²) in [6.45, 7) is 3.19. The zero-order chi connectivity index (χ0) is 21.4. The van der Waals surface area contributed by atoms with Crippen molar-refractivity contribution in [3.8, 4) is 5.75 Å². The van der Waals surface area contributed by atoms with E-state index >= 15 is 0 Å². The van der Waals surface area contributed by atoms with Crippen molar-refractivity contribution in [1.82, 2.24) is 9.88 Å². The largest absolute Gasteiger partial charge is 0.492 e. The van der Waals surface area contributed by atoms with E-state index in [1.165, 1.54) is 5.56 Å². The summed E-state index contributed by atoms with van der Waals surface area (Å²) >= 11 is 0. The Hall–Kier alpha value is -2.40. The first-order valence-electron chi connectivity index (χ1n) is 11.7. The molecule has 0 saturated carbocycles. The summed E-state index contributed by atoms with van der Waals surface area (Å²) in [6.07, 6.45) is 11.2. The van der Waals surface area contributed by atoms with Gasteiger partial charge in [0, 0.05) is 32.3 Å². The number of rotatable bonds is 8. The number of hydrogen-bond acceptors (Lipinski definition) is 4. The average Bonchev–Trinajstić information content (AvgIpc) is 2.81. The van der Waals surface area contributed by atoms with Crippen molar-refractivity contribution in [3.05, 3.63) is 60.4 Å². The number of aromatic nitrogens is 1. The van der Waals surface area contributed by atoms with Crippen LogP contribution in [-0.4, -0.2) is 47.7 Å². The standard InChI is InChI=1S/C26H34N2O3/c29-25(10-4-8-22-6-2-1-3-7-22)28-16-13-26(14-17-28)20-23(12-19-31-26)11-18-30-24-9-5-15-27-21-24/h1-3,5-7,9,15,21,23H,4,8,10-14,16-20H2. The molecule has 1 atom stereocenters. The molecule has 2 aliphatic rings. The molecule has 1 aromatic heterocycles. The molecule has 5 heteroatoms. The third-order valence-corrected chi connectivity index (χ3v) is 6.75. The maximum Gasteiger partial charge on any atom is 0.222 e. The molecule has 0 aliphatic carbocycles. The SMILES string of the molecule is O=C(CCCc1ccccc1)N1CCC2(CC1)CC(CCOc1cccnc1)CCO2. The molecule has 31 heavy (non-hydrogen) atoms. The van der Waals surface area contributed by atoms with Crippen LogP contribution in [0.3, 0.4) is 0 Å². The van der Waals surface area contributed by atoms with Crippen LogP contribution in [0.15, 0.2) is 54.9 Å². The molecule has 1 unspecified atom stereocenters. The number of carbonyl (C=O) groups is 1. The first-order valence-corrected chi connectivity index (χ1v) is 11.7. The van der Waals surface area contributed by atoms with Gasteiger partial charge in [-0.15, -0.1) is 0 Å². The molecule has 2 aromatic rings. The van der Waals surface area contributed by atoms with E-state index in [4.69, 9.17) is 9.47 Å². The lowest BCUT2D eigenvalue weighted by Gasteiger charge is -2.46. The lowest BCUT2D eigenvalue weighted by atomic mass is 9.78. The minimum Gasteiger partial charge on any atom is -0.492 e. The van der Waals surface area contributed by atoms with E-state index in [1.807, 2.05) is 18.2 Å². The minimum absolute atomic E-state index is 0.0436. The van der Waals surface area contributed by atoms with E-state index in [0.717, 1.165) is 77.0 Å². The summed E-state index contributed by atoms with van der Waals surface area (Å²) in [7, 11) is 0. The third-order valence-electron chi connectivity index (χ3n) is 6.75. The molecular formula is C26H34N2O3. The van der Waals surface area contributed by atoms with Crippen LogP contribution in [0.4, 0.5) is 0 Å². The number of amides is 1. The van der Waals surface area contributed by atoms with Crippen molar-refractivity contribution >= 4 is 5.91 Å². The quantitative estimate of drug-likeness (QED) is 0.621. The van der Waals surface area contributed by atoms with Crippen LogP contribution in [0.5, 0.6) is 5.75 Å². The second-order valence-corrected chi connectivity index (χ2v) is 8.94. The van der Waals surface area contributed by atoms with Gasteiger partial charge in [0.1, 0.15) is 5.75 Å². The highest BCUT2D eigenvalue weighted by Crippen LogP contribution is 2.39. The van der Waals surface area contributed by atoms with Gasteiger partial charge in [0.05, 0.1) is 18.4 Å².